The molecule has 0 aliphatic heterocycles. The minimum Gasteiger partial charge on any atom is -0.198 e. The van der Waals surface area contributed by atoms with Gasteiger partial charge in [-0.3, -0.25) is 0 Å². The van der Waals surface area contributed by atoms with E-state index in [-0.39, 0.29) is 0 Å². The number of nitrogens with zero attached hydrogens (tertiary/aromatic N) is 1. The number of rotatable bonds is 5. The maximum absolute atomic E-state index is 8.34. The predicted octanol–water partition coefficient (Wildman–Crippen LogP) is 4.13. The molecule has 1 aromatic carbocycles. The van der Waals surface area contributed by atoms with Gasteiger partial charge in [0.05, 0.1) is 6.07 Å². The van der Waals surface area contributed by atoms with E-state index >= 15 is 0 Å². The van der Waals surface area contributed by atoms with Crippen LogP contribution in [0.3, 0.4) is 0 Å². The number of hydrogen-bond donors (Lipinski definition) is 0. The van der Waals surface area contributed by atoms with Gasteiger partial charge in [-0.2, -0.15) is 5.26 Å². The first-order valence-electron chi connectivity index (χ1n) is 4.58. The number of nitriles is 1. The van der Waals surface area contributed by atoms with E-state index in [1.54, 1.807) is 11.8 Å². The monoisotopic (exact) mass is 225 g/mol. The summed E-state index contributed by atoms with van der Waals surface area (Å²) in [6.07, 6.45) is 2.74. The van der Waals surface area contributed by atoms with E-state index in [0.29, 0.717) is 6.42 Å². The summed E-state index contributed by atoms with van der Waals surface area (Å²) < 4.78 is 0. The molecule has 3 heteroatoms. The van der Waals surface area contributed by atoms with Gasteiger partial charge in [0.25, 0.3) is 0 Å². The van der Waals surface area contributed by atoms with Crippen LogP contribution in [-0.2, 0) is 0 Å². The maximum Gasteiger partial charge on any atom is 0.0621 e. The minimum atomic E-state index is 0.663. The van der Waals surface area contributed by atoms with Crippen molar-refractivity contribution in [3.8, 4) is 6.07 Å². The largest absolute Gasteiger partial charge is 0.198 e. The third-order valence-corrected chi connectivity index (χ3v) is 3.06. The Morgan fingerprint density at radius 2 is 2.21 bits per heavy atom. The standard InChI is InChI=1S/C11H12ClNS/c12-10-5-4-6-11(9-10)14-8-3-1-2-7-13/h4-6,9H,1-3,8H2. The molecule has 0 unspecified atom stereocenters. The van der Waals surface area contributed by atoms with E-state index in [9.17, 15) is 0 Å². The molecule has 0 N–H and O–H groups in total. The van der Waals surface area contributed by atoms with Crippen LogP contribution in [0.5, 0.6) is 0 Å². The molecule has 0 fully saturated rings. The Bertz CT molecular complexity index is 319. The molecule has 1 nitrogen and oxygen atoms in total. The summed E-state index contributed by atoms with van der Waals surface area (Å²) in [5, 5.41) is 9.13. The van der Waals surface area contributed by atoms with Gasteiger partial charge < -0.3 is 0 Å². The Morgan fingerprint density at radius 1 is 1.36 bits per heavy atom. The summed E-state index contributed by atoms with van der Waals surface area (Å²) in [5.74, 6) is 1.06. The topological polar surface area (TPSA) is 23.8 Å². The van der Waals surface area contributed by atoms with Gasteiger partial charge in [0.15, 0.2) is 0 Å². The van der Waals surface area contributed by atoms with Crippen LogP contribution in [0.4, 0.5) is 0 Å². The van der Waals surface area contributed by atoms with E-state index in [1.807, 2.05) is 18.2 Å². The van der Waals surface area contributed by atoms with E-state index in [2.05, 4.69) is 12.1 Å². The normalized spacial score (nSPS) is 9.71. The molecule has 0 spiro atoms. The number of benzene rings is 1. The quantitative estimate of drug-likeness (QED) is 0.556. The van der Waals surface area contributed by atoms with Crippen LogP contribution in [0.25, 0.3) is 0 Å². The van der Waals surface area contributed by atoms with Crippen molar-refractivity contribution in [1.82, 2.24) is 0 Å². The first-order valence-corrected chi connectivity index (χ1v) is 5.94. The molecule has 0 aliphatic carbocycles. The molecule has 0 heterocycles. The van der Waals surface area contributed by atoms with Gasteiger partial charge in [-0.25, -0.2) is 0 Å². The fourth-order valence-electron chi connectivity index (χ4n) is 1.05. The van der Waals surface area contributed by atoms with Crippen molar-refractivity contribution in [2.45, 2.75) is 24.2 Å². The average molecular weight is 226 g/mol. The van der Waals surface area contributed by atoms with Crippen LogP contribution in [0.1, 0.15) is 19.3 Å². The van der Waals surface area contributed by atoms with E-state index in [1.165, 1.54) is 4.90 Å². The van der Waals surface area contributed by atoms with Crippen LogP contribution >= 0.6 is 23.4 Å². The van der Waals surface area contributed by atoms with Crippen molar-refractivity contribution in [1.29, 1.82) is 5.26 Å². The molecule has 0 aliphatic rings. The van der Waals surface area contributed by atoms with Crippen molar-refractivity contribution in [2.24, 2.45) is 0 Å². The van der Waals surface area contributed by atoms with Crippen molar-refractivity contribution in [3.05, 3.63) is 29.3 Å². The van der Waals surface area contributed by atoms with E-state index in [0.717, 1.165) is 23.6 Å². The molecule has 0 aromatic heterocycles. The second kappa shape index (κ2) is 6.75. The summed E-state index contributed by atoms with van der Waals surface area (Å²) >= 11 is 7.64. The molecular formula is C11H12ClNS. The van der Waals surface area contributed by atoms with Crippen molar-refractivity contribution >= 4 is 23.4 Å². The first-order chi connectivity index (χ1) is 6.83. The highest BCUT2D eigenvalue weighted by atomic mass is 35.5. The van der Waals surface area contributed by atoms with Gasteiger partial charge in [-0.15, -0.1) is 11.8 Å². The first kappa shape index (κ1) is 11.4. The van der Waals surface area contributed by atoms with Gasteiger partial charge in [0.2, 0.25) is 0 Å². The molecule has 0 saturated carbocycles. The number of unbranched alkanes of at least 4 members (excludes halogenated alkanes) is 2. The van der Waals surface area contributed by atoms with Crippen LogP contribution < -0.4 is 0 Å². The molecule has 0 radical (unpaired) electrons. The smallest absolute Gasteiger partial charge is 0.0621 e. The van der Waals surface area contributed by atoms with Gasteiger partial charge in [0.1, 0.15) is 0 Å². The Balaban J connectivity index is 2.22. The van der Waals surface area contributed by atoms with E-state index in [4.69, 9.17) is 16.9 Å². The van der Waals surface area contributed by atoms with Gasteiger partial charge in [-0.05, 0) is 36.8 Å². The Hall–Kier alpha value is -0.650. The SMILES string of the molecule is N#CCCCCSc1cccc(Cl)c1. The van der Waals surface area contributed by atoms with Crippen molar-refractivity contribution in [2.75, 3.05) is 5.75 Å². The Labute approximate surface area is 94.1 Å². The highest BCUT2D eigenvalue weighted by Gasteiger charge is 1.94. The van der Waals surface area contributed by atoms with Crippen molar-refractivity contribution < 1.29 is 0 Å². The summed E-state index contributed by atoms with van der Waals surface area (Å²) in [7, 11) is 0. The molecule has 0 bridgehead atoms. The number of halogens is 1. The molecule has 0 saturated heterocycles. The lowest BCUT2D eigenvalue weighted by atomic mass is 10.3. The molecule has 1 rings (SSSR count). The second-order valence-corrected chi connectivity index (χ2v) is 4.53. The lowest BCUT2D eigenvalue weighted by Gasteiger charge is -2.00. The van der Waals surface area contributed by atoms with Gasteiger partial charge >= 0.3 is 0 Å². The molecule has 74 valence electrons. The number of thioether (sulfide) groups is 1. The highest BCUT2D eigenvalue weighted by Crippen LogP contribution is 2.22. The third-order valence-electron chi connectivity index (χ3n) is 1.75. The van der Waals surface area contributed by atoms with Gasteiger partial charge in [0, 0.05) is 16.3 Å². The van der Waals surface area contributed by atoms with E-state index < -0.39 is 0 Å². The minimum absolute atomic E-state index is 0.663. The molecular weight excluding hydrogens is 214 g/mol. The Kier molecular flexibility index (Phi) is 5.51. The van der Waals surface area contributed by atoms with Crippen LogP contribution in [0.15, 0.2) is 29.2 Å². The lowest BCUT2D eigenvalue weighted by Crippen LogP contribution is -1.80. The third kappa shape index (κ3) is 4.55. The summed E-state index contributed by atoms with van der Waals surface area (Å²) in [5.41, 5.74) is 0. The second-order valence-electron chi connectivity index (χ2n) is 2.92. The Morgan fingerprint density at radius 3 is 2.93 bits per heavy atom. The lowest BCUT2D eigenvalue weighted by molar-refractivity contribution is 0.830. The summed E-state index contributed by atoms with van der Waals surface area (Å²) in [6, 6.07) is 10.0. The fourth-order valence-corrected chi connectivity index (χ4v) is 2.28. The fraction of sp³-hybridized carbons (Fsp3) is 0.364. The zero-order valence-electron chi connectivity index (χ0n) is 7.87. The molecule has 0 atom stereocenters. The molecule has 0 amide bonds. The summed E-state index contributed by atoms with van der Waals surface area (Å²) in [6.45, 7) is 0. The van der Waals surface area contributed by atoms with Crippen LogP contribution in [0.2, 0.25) is 5.02 Å². The molecule has 1 aromatic rings. The average Bonchev–Trinajstić information content (AvgIpc) is 2.18. The van der Waals surface area contributed by atoms with Crippen LogP contribution in [-0.4, -0.2) is 5.75 Å². The van der Waals surface area contributed by atoms with Crippen molar-refractivity contribution in [3.63, 3.8) is 0 Å². The summed E-state index contributed by atoms with van der Waals surface area (Å²) in [4.78, 5) is 1.20. The highest BCUT2D eigenvalue weighted by molar-refractivity contribution is 7.99. The number of hydrogen-bond acceptors (Lipinski definition) is 2. The van der Waals surface area contributed by atoms with Crippen LogP contribution in [0, 0.1) is 11.3 Å². The zero-order valence-corrected chi connectivity index (χ0v) is 9.44. The molecule has 14 heavy (non-hydrogen) atoms. The predicted molar refractivity (Wildman–Crippen MR) is 61.6 cm³/mol. The maximum atomic E-state index is 8.34. The van der Waals surface area contributed by atoms with Gasteiger partial charge in [-0.1, -0.05) is 17.7 Å². The zero-order chi connectivity index (χ0) is 10.2.